The van der Waals surface area contributed by atoms with Crippen molar-refractivity contribution in [1.29, 1.82) is 0 Å². The third-order valence-corrected chi connectivity index (χ3v) is 5.61. The largest absolute Gasteiger partial charge is 0.355 e. The monoisotopic (exact) mass is 415 g/mol. The molecule has 1 aliphatic heterocycles. The fourth-order valence-electron chi connectivity index (χ4n) is 3.91. The minimum atomic E-state index is -0.149. The molecule has 2 N–H and O–H groups in total. The number of aromatic nitrogens is 5. The number of carbonyl (C=O) groups excluding carboxylic acids is 2. The molecule has 5 heterocycles. The summed E-state index contributed by atoms with van der Waals surface area (Å²) >= 11 is 0. The fourth-order valence-corrected chi connectivity index (χ4v) is 3.91. The van der Waals surface area contributed by atoms with E-state index in [2.05, 4.69) is 38.1 Å². The molecule has 4 aromatic rings. The molecule has 0 atom stereocenters. The van der Waals surface area contributed by atoms with Crippen LogP contribution in [-0.2, 0) is 16.0 Å². The average Bonchev–Trinajstić information content (AvgIpc) is 3.36. The number of amides is 2. The number of carbonyl (C=O) groups is 2. The number of hydrogen-bond donors (Lipinski definition) is 2. The summed E-state index contributed by atoms with van der Waals surface area (Å²) < 4.78 is 1.61. The number of nitrogens with one attached hydrogen (secondary N) is 2. The van der Waals surface area contributed by atoms with Crippen LogP contribution in [-0.4, -0.2) is 61.1 Å². The van der Waals surface area contributed by atoms with Gasteiger partial charge in [0.1, 0.15) is 5.65 Å². The van der Waals surface area contributed by atoms with E-state index in [1.807, 2.05) is 24.4 Å². The van der Waals surface area contributed by atoms with Crippen LogP contribution in [0.15, 0.2) is 55.5 Å². The highest BCUT2D eigenvalue weighted by Crippen LogP contribution is 2.30. The van der Waals surface area contributed by atoms with Gasteiger partial charge in [-0.05, 0) is 35.9 Å². The summed E-state index contributed by atoms with van der Waals surface area (Å²) in [4.78, 5) is 33.1. The molecule has 0 unspecified atom stereocenters. The molecule has 2 amide bonds. The van der Waals surface area contributed by atoms with E-state index in [-0.39, 0.29) is 17.7 Å². The first-order chi connectivity index (χ1) is 15.1. The molecular formula is C22H21N7O2. The second-order valence-corrected chi connectivity index (χ2v) is 7.56. The number of hydrogen-bond acceptors (Lipinski definition) is 5. The van der Waals surface area contributed by atoms with Gasteiger partial charge < -0.3 is 15.2 Å². The van der Waals surface area contributed by atoms with Crippen LogP contribution < -0.4 is 5.32 Å². The maximum Gasteiger partial charge on any atom is 0.246 e. The summed E-state index contributed by atoms with van der Waals surface area (Å²) in [5.74, 6) is -0.307. The highest BCUT2D eigenvalue weighted by Gasteiger charge is 2.34. The van der Waals surface area contributed by atoms with Gasteiger partial charge in [0.05, 0.1) is 17.6 Å². The first-order valence-electron chi connectivity index (χ1n) is 10.1. The zero-order chi connectivity index (χ0) is 21.4. The van der Waals surface area contributed by atoms with Crippen molar-refractivity contribution in [3.63, 3.8) is 0 Å². The topological polar surface area (TPSA) is 108 Å². The van der Waals surface area contributed by atoms with E-state index in [1.165, 1.54) is 6.08 Å². The molecule has 9 nitrogen and oxygen atoms in total. The van der Waals surface area contributed by atoms with Crippen molar-refractivity contribution in [2.75, 3.05) is 19.6 Å². The SMILES string of the molecule is C=CC(=O)N1CC(C(=O)NCCc2cc3c(-c4cnn5ncccc45)ccnc3[nH]2)C1. The lowest BCUT2D eigenvalue weighted by atomic mass is 9.99. The summed E-state index contributed by atoms with van der Waals surface area (Å²) in [5.41, 5.74) is 4.72. The van der Waals surface area contributed by atoms with Gasteiger partial charge in [0.2, 0.25) is 11.8 Å². The smallest absolute Gasteiger partial charge is 0.246 e. The molecule has 0 bridgehead atoms. The van der Waals surface area contributed by atoms with Gasteiger partial charge in [0, 0.05) is 55.1 Å². The summed E-state index contributed by atoms with van der Waals surface area (Å²) in [7, 11) is 0. The molecular weight excluding hydrogens is 394 g/mol. The van der Waals surface area contributed by atoms with Crippen LogP contribution in [0.5, 0.6) is 0 Å². The third-order valence-electron chi connectivity index (χ3n) is 5.61. The number of rotatable bonds is 6. The number of aromatic amines is 1. The molecule has 31 heavy (non-hydrogen) atoms. The Morgan fingerprint density at radius 3 is 2.94 bits per heavy atom. The van der Waals surface area contributed by atoms with Crippen molar-refractivity contribution in [2.45, 2.75) is 6.42 Å². The molecule has 1 saturated heterocycles. The van der Waals surface area contributed by atoms with E-state index in [0.29, 0.717) is 26.1 Å². The highest BCUT2D eigenvalue weighted by atomic mass is 16.2. The van der Waals surface area contributed by atoms with Crippen molar-refractivity contribution in [1.82, 2.24) is 35.0 Å². The lowest BCUT2D eigenvalue weighted by Crippen LogP contribution is -2.55. The summed E-state index contributed by atoms with van der Waals surface area (Å²) in [6.07, 6.45) is 7.21. The van der Waals surface area contributed by atoms with Gasteiger partial charge in [-0.1, -0.05) is 6.58 Å². The molecule has 1 fully saturated rings. The van der Waals surface area contributed by atoms with Gasteiger partial charge in [0.15, 0.2) is 0 Å². The Morgan fingerprint density at radius 2 is 2.10 bits per heavy atom. The normalized spacial score (nSPS) is 14.0. The van der Waals surface area contributed by atoms with E-state index in [4.69, 9.17) is 0 Å². The van der Waals surface area contributed by atoms with Crippen LogP contribution in [0, 0.1) is 5.92 Å². The van der Waals surface area contributed by atoms with Gasteiger partial charge in [-0.25, -0.2) is 4.98 Å². The predicted octanol–water partition coefficient (Wildman–Crippen LogP) is 1.58. The first-order valence-corrected chi connectivity index (χ1v) is 10.1. The molecule has 1 aliphatic rings. The predicted molar refractivity (Wildman–Crippen MR) is 115 cm³/mol. The van der Waals surface area contributed by atoms with Gasteiger partial charge >= 0.3 is 0 Å². The lowest BCUT2D eigenvalue weighted by Gasteiger charge is -2.37. The Kier molecular flexibility index (Phi) is 4.70. The van der Waals surface area contributed by atoms with E-state index < -0.39 is 0 Å². The molecule has 0 aromatic carbocycles. The summed E-state index contributed by atoms with van der Waals surface area (Å²) in [5, 5.41) is 12.5. The summed E-state index contributed by atoms with van der Waals surface area (Å²) in [6.45, 7) is 4.87. The minimum absolute atomic E-state index is 0.0260. The highest BCUT2D eigenvalue weighted by molar-refractivity contribution is 5.97. The standard InChI is InChI=1S/C22H21N7O2/c1-2-20(30)28-12-14(13-28)22(31)24-8-5-15-10-17-16(6-9-23-21(17)27-15)18-11-26-29-19(18)4-3-7-25-29/h2-4,6-7,9-11,14H,1,5,8,12-13H2,(H,23,27)(H,24,31). The van der Waals surface area contributed by atoms with Gasteiger partial charge in [-0.15, -0.1) is 0 Å². The van der Waals surface area contributed by atoms with Crippen molar-refractivity contribution in [2.24, 2.45) is 5.92 Å². The van der Waals surface area contributed by atoms with Gasteiger partial charge in [-0.2, -0.15) is 14.8 Å². The average molecular weight is 415 g/mol. The Labute approximate surface area is 177 Å². The zero-order valence-corrected chi connectivity index (χ0v) is 16.8. The maximum absolute atomic E-state index is 12.3. The molecule has 5 rings (SSSR count). The van der Waals surface area contributed by atoms with Crippen molar-refractivity contribution < 1.29 is 9.59 Å². The molecule has 9 heteroatoms. The van der Waals surface area contributed by atoms with E-state index in [9.17, 15) is 9.59 Å². The number of fused-ring (bicyclic) bond motifs is 2. The van der Waals surface area contributed by atoms with Gasteiger partial charge in [0.25, 0.3) is 0 Å². The van der Waals surface area contributed by atoms with E-state index >= 15 is 0 Å². The molecule has 0 saturated carbocycles. The second kappa shape index (κ2) is 7.67. The lowest BCUT2D eigenvalue weighted by molar-refractivity contribution is -0.139. The van der Waals surface area contributed by atoms with Crippen LogP contribution in [0.3, 0.4) is 0 Å². The minimum Gasteiger partial charge on any atom is -0.355 e. The van der Waals surface area contributed by atoms with Crippen LogP contribution in [0.25, 0.3) is 27.7 Å². The number of likely N-dealkylation sites (tertiary alicyclic amines) is 1. The molecule has 0 radical (unpaired) electrons. The molecule has 0 aliphatic carbocycles. The van der Waals surface area contributed by atoms with Crippen LogP contribution in [0.1, 0.15) is 5.69 Å². The maximum atomic E-state index is 12.3. The van der Waals surface area contributed by atoms with Gasteiger partial charge in [-0.3, -0.25) is 9.59 Å². The molecule has 4 aromatic heterocycles. The number of nitrogens with zero attached hydrogens (tertiary/aromatic N) is 5. The van der Waals surface area contributed by atoms with Crippen LogP contribution in [0.4, 0.5) is 0 Å². The van der Waals surface area contributed by atoms with Crippen molar-refractivity contribution in [3.05, 3.63) is 61.2 Å². The Balaban J connectivity index is 1.27. The van der Waals surface area contributed by atoms with Crippen LogP contribution >= 0.6 is 0 Å². The summed E-state index contributed by atoms with van der Waals surface area (Å²) in [6, 6.07) is 7.91. The first kappa shape index (κ1) is 19.0. The second-order valence-electron chi connectivity index (χ2n) is 7.56. The van der Waals surface area contributed by atoms with E-state index in [0.717, 1.165) is 33.4 Å². The number of H-pyrrole nitrogens is 1. The van der Waals surface area contributed by atoms with Crippen LogP contribution in [0.2, 0.25) is 0 Å². The Morgan fingerprint density at radius 1 is 1.23 bits per heavy atom. The van der Waals surface area contributed by atoms with E-state index in [1.54, 1.807) is 21.9 Å². The Bertz CT molecular complexity index is 1300. The molecule has 156 valence electrons. The molecule has 0 spiro atoms. The quantitative estimate of drug-likeness (QED) is 0.465. The number of pyridine rings is 1. The van der Waals surface area contributed by atoms with Crippen molar-refractivity contribution in [3.8, 4) is 11.1 Å². The zero-order valence-electron chi connectivity index (χ0n) is 16.8. The van der Waals surface area contributed by atoms with Crippen molar-refractivity contribution >= 4 is 28.4 Å². The third kappa shape index (κ3) is 3.43. The Hall–Kier alpha value is -4.01. The fraction of sp³-hybridized carbons (Fsp3) is 0.227.